The number of amides is 2. The molecule has 2 amide bonds. The zero-order valence-corrected chi connectivity index (χ0v) is 20.0. The summed E-state index contributed by atoms with van der Waals surface area (Å²) in [5, 5.41) is 3.89. The third kappa shape index (κ3) is 7.75. The minimum atomic E-state index is -0.639. The summed E-state index contributed by atoms with van der Waals surface area (Å²) in [5.41, 5.74) is 1.82. The van der Waals surface area contributed by atoms with Crippen LogP contribution in [-0.2, 0) is 16.1 Å². The van der Waals surface area contributed by atoms with E-state index in [2.05, 4.69) is 5.32 Å². The van der Waals surface area contributed by atoms with E-state index in [1.54, 1.807) is 18.2 Å². The molecule has 0 saturated heterocycles. The second-order valence-corrected chi connectivity index (χ2v) is 8.77. The summed E-state index contributed by atoms with van der Waals surface area (Å²) in [6.07, 6.45) is 0.464. The third-order valence-electron chi connectivity index (χ3n) is 4.81. The molecule has 7 heteroatoms. The van der Waals surface area contributed by atoms with Crippen LogP contribution in [0.2, 0.25) is 10.0 Å². The highest BCUT2D eigenvalue weighted by atomic mass is 35.5. The number of rotatable bonds is 10. The van der Waals surface area contributed by atoms with Gasteiger partial charge in [0.25, 0.3) is 5.91 Å². The van der Waals surface area contributed by atoms with Crippen LogP contribution in [0.3, 0.4) is 0 Å². The van der Waals surface area contributed by atoms with Gasteiger partial charge in [0.1, 0.15) is 11.8 Å². The highest BCUT2D eigenvalue weighted by molar-refractivity contribution is 6.35. The molecule has 2 aromatic rings. The first kappa shape index (κ1) is 25.0. The van der Waals surface area contributed by atoms with E-state index in [9.17, 15) is 9.59 Å². The van der Waals surface area contributed by atoms with Gasteiger partial charge in [-0.15, -0.1) is 0 Å². The molecule has 0 saturated carbocycles. The number of carbonyl (C=O) groups is 2. The molecule has 1 atom stereocenters. The third-order valence-corrected chi connectivity index (χ3v) is 5.40. The van der Waals surface area contributed by atoms with Crippen LogP contribution in [-0.4, -0.2) is 35.9 Å². The van der Waals surface area contributed by atoms with Gasteiger partial charge in [-0.25, -0.2) is 0 Å². The lowest BCUT2D eigenvalue weighted by Crippen LogP contribution is -2.50. The lowest BCUT2D eigenvalue weighted by Gasteiger charge is -2.31. The van der Waals surface area contributed by atoms with E-state index in [1.165, 1.54) is 4.90 Å². The molecular weight excluding hydrogens is 435 g/mol. The fourth-order valence-electron chi connectivity index (χ4n) is 3.04. The second kappa shape index (κ2) is 12.0. The van der Waals surface area contributed by atoms with Gasteiger partial charge >= 0.3 is 0 Å². The average Bonchev–Trinajstić information content (AvgIpc) is 2.73. The van der Waals surface area contributed by atoms with Gasteiger partial charge in [-0.1, -0.05) is 67.7 Å². The van der Waals surface area contributed by atoms with E-state index < -0.39 is 6.04 Å². The fourth-order valence-corrected chi connectivity index (χ4v) is 3.51. The Kier molecular flexibility index (Phi) is 9.66. The molecule has 31 heavy (non-hydrogen) atoms. The molecule has 0 aliphatic rings. The van der Waals surface area contributed by atoms with Gasteiger partial charge < -0.3 is 15.0 Å². The van der Waals surface area contributed by atoms with Crippen molar-refractivity contribution in [2.45, 2.75) is 46.7 Å². The van der Waals surface area contributed by atoms with Crippen molar-refractivity contribution in [1.29, 1.82) is 0 Å². The number of nitrogens with one attached hydrogen (secondary N) is 1. The highest BCUT2D eigenvalue weighted by Crippen LogP contribution is 2.24. The van der Waals surface area contributed by atoms with E-state index in [0.717, 1.165) is 5.56 Å². The molecule has 0 spiro atoms. The van der Waals surface area contributed by atoms with E-state index in [4.69, 9.17) is 27.9 Å². The van der Waals surface area contributed by atoms with Crippen LogP contribution in [0.4, 0.5) is 0 Å². The first-order valence-electron chi connectivity index (χ1n) is 10.4. The molecule has 0 unspecified atom stereocenters. The number of ether oxygens (including phenoxy) is 1. The summed E-state index contributed by atoms with van der Waals surface area (Å²) < 4.78 is 5.69. The van der Waals surface area contributed by atoms with Crippen LogP contribution < -0.4 is 10.1 Å². The maximum atomic E-state index is 13.2. The highest BCUT2D eigenvalue weighted by Gasteiger charge is 2.29. The summed E-state index contributed by atoms with van der Waals surface area (Å²) in [5.74, 6) is 0.421. The number of hydrogen-bond donors (Lipinski definition) is 1. The van der Waals surface area contributed by atoms with Crippen molar-refractivity contribution in [3.05, 3.63) is 63.6 Å². The lowest BCUT2D eigenvalue weighted by molar-refractivity contribution is -0.143. The summed E-state index contributed by atoms with van der Waals surface area (Å²) in [6.45, 7) is 8.44. The van der Waals surface area contributed by atoms with Crippen molar-refractivity contribution >= 4 is 35.0 Å². The zero-order valence-electron chi connectivity index (χ0n) is 18.5. The monoisotopic (exact) mass is 464 g/mol. The summed E-state index contributed by atoms with van der Waals surface area (Å²) in [7, 11) is 0. The second-order valence-electron chi connectivity index (χ2n) is 7.92. The number of halogens is 2. The van der Waals surface area contributed by atoms with E-state index in [0.29, 0.717) is 40.2 Å². The SMILES string of the molecule is CC[C@@H](C(=O)NCC(C)C)N(Cc1ccc(Cl)cc1Cl)C(=O)COc1ccc(C)cc1. The Morgan fingerprint density at radius 2 is 1.77 bits per heavy atom. The van der Waals surface area contributed by atoms with Gasteiger partial charge in [0.05, 0.1) is 0 Å². The molecule has 0 bridgehead atoms. The first-order chi connectivity index (χ1) is 14.7. The standard InChI is InChI=1S/C24H30Cl2N2O3/c1-5-22(24(30)27-13-16(2)3)28(14-18-8-9-19(25)12-21(18)26)23(29)15-31-20-10-6-17(4)7-11-20/h6-12,16,22H,5,13-15H2,1-4H3,(H,27,30)/t22-/m0/s1. The molecule has 0 aliphatic heterocycles. The predicted molar refractivity (Wildman–Crippen MR) is 126 cm³/mol. The number of benzene rings is 2. The van der Waals surface area contributed by atoms with Crippen molar-refractivity contribution < 1.29 is 14.3 Å². The average molecular weight is 465 g/mol. The van der Waals surface area contributed by atoms with E-state index in [1.807, 2.05) is 52.0 Å². The van der Waals surface area contributed by atoms with Gasteiger partial charge in [-0.2, -0.15) is 0 Å². The molecule has 0 heterocycles. The Morgan fingerprint density at radius 3 is 2.35 bits per heavy atom. The maximum Gasteiger partial charge on any atom is 0.261 e. The van der Waals surface area contributed by atoms with Crippen molar-refractivity contribution in [3.63, 3.8) is 0 Å². The maximum absolute atomic E-state index is 13.2. The van der Waals surface area contributed by atoms with Crippen molar-refractivity contribution in [1.82, 2.24) is 10.2 Å². The molecule has 0 aromatic heterocycles. The minimum absolute atomic E-state index is 0.178. The fraction of sp³-hybridized carbons (Fsp3) is 0.417. The van der Waals surface area contributed by atoms with E-state index in [-0.39, 0.29) is 25.0 Å². The Balaban J connectivity index is 2.22. The largest absolute Gasteiger partial charge is 0.484 e. The van der Waals surface area contributed by atoms with Gasteiger partial charge in [-0.3, -0.25) is 9.59 Å². The molecule has 168 valence electrons. The normalized spacial score (nSPS) is 11.8. The number of carbonyl (C=O) groups excluding carboxylic acids is 2. The Morgan fingerprint density at radius 1 is 1.10 bits per heavy atom. The van der Waals surface area contributed by atoms with Crippen molar-refractivity contribution in [2.75, 3.05) is 13.2 Å². The van der Waals surface area contributed by atoms with Crippen LogP contribution in [0.25, 0.3) is 0 Å². The minimum Gasteiger partial charge on any atom is -0.484 e. The van der Waals surface area contributed by atoms with Crippen LogP contribution >= 0.6 is 23.2 Å². The van der Waals surface area contributed by atoms with Gasteiger partial charge in [0.15, 0.2) is 6.61 Å². The quantitative estimate of drug-likeness (QED) is 0.521. The van der Waals surface area contributed by atoms with Crippen molar-refractivity contribution in [2.24, 2.45) is 5.92 Å². The number of hydrogen-bond acceptors (Lipinski definition) is 3. The van der Waals surface area contributed by atoms with E-state index >= 15 is 0 Å². The van der Waals surface area contributed by atoms with Crippen LogP contribution in [0.1, 0.15) is 38.3 Å². The van der Waals surface area contributed by atoms with Crippen LogP contribution in [0, 0.1) is 12.8 Å². The number of aryl methyl sites for hydroxylation is 1. The Hall–Kier alpha value is -2.24. The molecule has 5 nitrogen and oxygen atoms in total. The van der Waals surface area contributed by atoms with Crippen molar-refractivity contribution in [3.8, 4) is 5.75 Å². The summed E-state index contributed by atoms with van der Waals surface area (Å²) in [4.78, 5) is 27.6. The zero-order chi connectivity index (χ0) is 23.0. The van der Waals surface area contributed by atoms with Gasteiger partial charge in [0, 0.05) is 23.1 Å². The summed E-state index contributed by atoms with van der Waals surface area (Å²) >= 11 is 12.3. The molecular formula is C24H30Cl2N2O3. The first-order valence-corrected chi connectivity index (χ1v) is 11.2. The smallest absolute Gasteiger partial charge is 0.261 e. The molecule has 0 radical (unpaired) electrons. The topological polar surface area (TPSA) is 58.6 Å². The lowest BCUT2D eigenvalue weighted by atomic mass is 10.1. The molecule has 2 rings (SSSR count). The molecule has 0 aliphatic carbocycles. The molecule has 2 aromatic carbocycles. The Labute approximate surface area is 194 Å². The molecule has 0 fully saturated rings. The Bertz CT molecular complexity index is 885. The predicted octanol–water partition coefficient (Wildman–Crippen LogP) is 5.26. The van der Waals surface area contributed by atoms with Gasteiger partial charge in [-0.05, 0) is 49.1 Å². The molecule has 1 N–H and O–H groups in total. The summed E-state index contributed by atoms with van der Waals surface area (Å²) in [6, 6.07) is 11.9. The number of nitrogens with zero attached hydrogens (tertiary/aromatic N) is 1. The van der Waals surface area contributed by atoms with Crippen LogP contribution in [0.15, 0.2) is 42.5 Å². The van der Waals surface area contributed by atoms with Gasteiger partial charge in [0.2, 0.25) is 5.91 Å². The van der Waals surface area contributed by atoms with Crippen LogP contribution in [0.5, 0.6) is 5.75 Å².